The van der Waals surface area contributed by atoms with Crippen LogP contribution in [0.15, 0.2) is 18.2 Å². The van der Waals surface area contributed by atoms with Crippen LogP contribution < -0.4 is 4.90 Å². The van der Waals surface area contributed by atoms with Gasteiger partial charge in [0.05, 0.1) is 13.2 Å². The highest BCUT2D eigenvalue weighted by atomic mass is 16.5. The predicted molar refractivity (Wildman–Crippen MR) is 66.8 cm³/mol. The van der Waals surface area contributed by atoms with Gasteiger partial charge in [0.25, 0.3) is 0 Å². The quantitative estimate of drug-likeness (QED) is 0.837. The van der Waals surface area contributed by atoms with E-state index in [4.69, 9.17) is 9.84 Å². The molecule has 0 aliphatic carbocycles. The number of anilines is 1. The molecule has 1 unspecified atom stereocenters. The van der Waals surface area contributed by atoms with Gasteiger partial charge in [0.1, 0.15) is 0 Å². The molecule has 1 saturated heterocycles. The fourth-order valence-electron chi connectivity index (χ4n) is 2.10. The lowest BCUT2D eigenvalue weighted by Gasteiger charge is -2.31. The highest BCUT2D eigenvalue weighted by molar-refractivity contribution is 5.77. The fraction of sp³-hybridized carbons (Fsp3) is 0.462. The average molecular weight is 251 g/mol. The Morgan fingerprint density at radius 2 is 2.06 bits per heavy atom. The first-order valence-electron chi connectivity index (χ1n) is 5.93. The number of ether oxygens (including phenoxy) is 1. The van der Waals surface area contributed by atoms with Crippen LogP contribution in [0.5, 0.6) is 0 Å². The van der Waals surface area contributed by atoms with Crippen molar-refractivity contribution in [2.24, 2.45) is 0 Å². The summed E-state index contributed by atoms with van der Waals surface area (Å²) in [6.07, 6.45) is -1.48. The van der Waals surface area contributed by atoms with Gasteiger partial charge < -0.3 is 19.8 Å². The molecule has 18 heavy (non-hydrogen) atoms. The number of benzene rings is 1. The third-order valence-electron chi connectivity index (χ3n) is 3.07. The minimum Gasteiger partial charge on any atom is -0.479 e. The minimum atomic E-state index is -1.48. The molecule has 0 spiro atoms. The number of carboxylic acids is 1. The van der Waals surface area contributed by atoms with Crippen LogP contribution in [0.25, 0.3) is 0 Å². The largest absolute Gasteiger partial charge is 0.479 e. The lowest BCUT2D eigenvalue weighted by atomic mass is 10.0. The topological polar surface area (TPSA) is 70.0 Å². The third-order valence-corrected chi connectivity index (χ3v) is 3.07. The number of aryl methyl sites for hydroxylation is 1. The summed E-state index contributed by atoms with van der Waals surface area (Å²) in [7, 11) is 0. The summed E-state index contributed by atoms with van der Waals surface area (Å²) in [6, 6.07) is 5.40. The number of hydrogen-bond donors (Lipinski definition) is 2. The summed E-state index contributed by atoms with van der Waals surface area (Å²) < 4.78 is 5.28. The highest BCUT2D eigenvalue weighted by Gasteiger charge is 2.23. The second-order valence-corrected chi connectivity index (χ2v) is 4.40. The van der Waals surface area contributed by atoms with Crippen LogP contribution in [0.3, 0.4) is 0 Å². The summed E-state index contributed by atoms with van der Waals surface area (Å²) in [5, 5.41) is 18.7. The molecule has 98 valence electrons. The lowest BCUT2D eigenvalue weighted by Crippen LogP contribution is -2.37. The molecule has 0 radical (unpaired) electrons. The average Bonchev–Trinajstić information content (AvgIpc) is 2.39. The Balaban J connectivity index is 2.36. The number of aliphatic carboxylic acids is 1. The van der Waals surface area contributed by atoms with Crippen LogP contribution in [0.1, 0.15) is 17.2 Å². The first-order valence-corrected chi connectivity index (χ1v) is 5.93. The molecule has 2 N–H and O–H groups in total. The number of nitrogens with zero attached hydrogens (tertiary/aromatic N) is 1. The molecule has 1 aliphatic heterocycles. The second-order valence-electron chi connectivity index (χ2n) is 4.40. The molecule has 5 heteroatoms. The highest BCUT2D eigenvalue weighted by Crippen LogP contribution is 2.28. The van der Waals surface area contributed by atoms with Gasteiger partial charge in [0.2, 0.25) is 0 Å². The smallest absolute Gasteiger partial charge is 0.337 e. The van der Waals surface area contributed by atoms with Crippen LogP contribution in [0.4, 0.5) is 5.69 Å². The van der Waals surface area contributed by atoms with Crippen molar-refractivity contribution in [1.29, 1.82) is 0 Å². The Hall–Kier alpha value is -1.59. The van der Waals surface area contributed by atoms with Crippen molar-refractivity contribution in [3.05, 3.63) is 29.3 Å². The van der Waals surface area contributed by atoms with Crippen LogP contribution in [0, 0.1) is 6.92 Å². The maximum Gasteiger partial charge on any atom is 0.337 e. The first kappa shape index (κ1) is 12.9. The van der Waals surface area contributed by atoms with Crippen molar-refractivity contribution in [2.75, 3.05) is 31.2 Å². The van der Waals surface area contributed by atoms with E-state index in [1.165, 1.54) is 0 Å². The van der Waals surface area contributed by atoms with Gasteiger partial charge in [-0.2, -0.15) is 0 Å². The summed E-state index contributed by atoms with van der Waals surface area (Å²) in [4.78, 5) is 13.0. The second kappa shape index (κ2) is 5.37. The molecule has 5 nitrogen and oxygen atoms in total. The van der Waals surface area contributed by atoms with Gasteiger partial charge in [0.15, 0.2) is 6.10 Å². The zero-order chi connectivity index (χ0) is 13.1. The monoisotopic (exact) mass is 251 g/mol. The molecular formula is C13H17NO4. The van der Waals surface area contributed by atoms with E-state index in [0.717, 1.165) is 11.3 Å². The van der Waals surface area contributed by atoms with Crippen molar-refractivity contribution in [3.8, 4) is 0 Å². The van der Waals surface area contributed by atoms with E-state index in [1.807, 2.05) is 19.1 Å². The molecule has 1 fully saturated rings. The number of carbonyl (C=O) groups is 1. The van der Waals surface area contributed by atoms with Crippen LogP contribution in [0.2, 0.25) is 0 Å². The Bertz CT molecular complexity index is 441. The van der Waals surface area contributed by atoms with E-state index in [1.54, 1.807) is 6.07 Å². The van der Waals surface area contributed by atoms with E-state index < -0.39 is 12.1 Å². The predicted octanol–water partition coefficient (Wildman–Crippen LogP) is 0.950. The standard InChI is InChI=1S/C13H17NO4/c1-9-2-3-10(12(15)13(16)17)11(8-9)14-4-6-18-7-5-14/h2-3,8,12,15H,4-7H2,1H3,(H,16,17). The van der Waals surface area contributed by atoms with E-state index in [2.05, 4.69) is 4.90 Å². The molecule has 0 amide bonds. The van der Waals surface area contributed by atoms with Gasteiger partial charge in [0, 0.05) is 24.3 Å². The molecule has 1 aliphatic rings. The molecule has 2 rings (SSSR count). The lowest BCUT2D eigenvalue weighted by molar-refractivity contribution is -0.146. The number of morpholine rings is 1. The molecule has 1 aromatic carbocycles. The van der Waals surface area contributed by atoms with Crippen molar-refractivity contribution < 1.29 is 19.7 Å². The minimum absolute atomic E-state index is 0.440. The number of aliphatic hydroxyl groups is 1. The first-order chi connectivity index (χ1) is 8.59. The van der Waals surface area contributed by atoms with Crippen LogP contribution >= 0.6 is 0 Å². The van der Waals surface area contributed by atoms with E-state index in [-0.39, 0.29) is 0 Å². The number of aliphatic hydroxyl groups excluding tert-OH is 1. The van der Waals surface area contributed by atoms with Crippen molar-refractivity contribution in [1.82, 2.24) is 0 Å². The van der Waals surface area contributed by atoms with Gasteiger partial charge in [-0.05, 0) is 18.6 Å². The van der Waals surface area contributed by atoms with Crippen LogP contribution in [-0.4, -0.2) is 42.5 Å². The van der Waals surface area contributed by atoms with E-state index >= 15 is 0 Å². The van der Waals surface area contributed by atoms with Crippen molar-refractivity contribution in [2.45, 2.75) is 13.0 Å². The van der Waals surface area contributed by atoms with Gasteiger partial charge >= 0.3 is 5.97 Å². The van der Waals surface area contributed by atoms with Gasteiger partial charge in [-0.1, -0.05) is 12.1 Å². The van der Waals surface area contributed by atoms with Gasteiger partial charge in [-0.15, -0.1) is 0 Å². The third kappa shape index (κ3) is 2.63. The molecular weight excluding hydrogens is 234 g/mol. The zero-order valence-corrected chi connectivity index (χ0v) is 10.3. The summed E-state index contributed by atoms with van der Waals surface area (Å²) in [5.41, 5.74) is 2.26. The molecule has 1 atom stereocenters. The Kier molecular flexibility index (Phi) is 3.84. The van der Waals surface area contributed by atoms with Gasteiger partial charge in [-0.25, -0.2) is 4.79 Å². The number of hydrogen-bond acceptors (Lipinski definition) is 4. The normalized spacial score (nSPS) is 17.6. The zero-order valence-electron chi connectivity index (χ0n) is 10.3. The van der Waals surface area contributed by atoms with Crippen molar-refractivity contribution >= 4 is 11.7 Å². The Labute approximate surface area is 106 Å². The maximum atomic E-state index is 10.9. The molecule has 1 aromatic rings. The maximum absolute atomic E-state index is 10.9. The van der Waals surface area contributed by atoms with E-state index in [9.17, 15) is 9.90 Å². The molecule has 1 heterocycles. The molecule has 0 aromatic heterocycles. The van der Waals surface area contributed by atoms with E-state index in [0.29, 0.717) is 31.9 Å². The summed E-state index contributed by atoms with van der Waals surface area (Å²) in [5.74, 6) is -1.23. The molecule has 0 saturated carbocycles. The van der Waals surface area contributed by atoms with Crippen molar-refractivity contribution in [3.63, 3.8) is 0 Å². The SMILES string of the molecule is Cc1ccc(C(O)C(=O)O)c(N2CCOCC2)c1. The molecule has 0 bridgehead atoms. The summed E-state index contributed by atoms with van der Waals surface area (Å²) >= 11 is 0. The summed E-state index contributed by atoms with van der Waals surface area (Å²) in [6.45, 7) is 4.61. The fourth-order valence-corrected chi connectivity index (χ4v) is 2.10. The Morgan fingerprint density at radius 1 is 1.39 bits per heavy atom. The number of carboxylic acid groups (broad SMARTS) is 1. The van der Waals surface area contributed by atoms with Crippen LogP contribution in [-0.2, 0) is 9.53 Å². The Morgan fingerprint density at radius 3 is 2.67 bits per heavy atom. The number of rotatable bonds is 3. The van der Waals surface area contributed by atoms with Gasteiger partial charge in [-0.3, -0.25) is 0 Å².